The van der Waals surface area contributed by atoms with Crippen LogP contribution >= 0.6 is 0 Å². The SMILES string of the molecule is NC(=O)C1CCCCN1C(=O)NOS(=O)(=O)O. The highest BCUT2D eigenvalue weighted by Gasteiger charge is 2.31. The van der Waals surface area contributed by atoms with E-state index in [0.717, 1.165) is 11.3 Å². The summed E-state index contributed by atoms with van der Waals surface area (Å²) in [4.78, 5) is 23.6. The number of amides is 3. The first-order valence-electron chi connectivity index (χ1n) is 4.83. The van der Waals surface area contributed by atoms with Crippen LogP contribution < -0.4 is 11.2 Å². The molecule has 1 unspecified atom stereocenters. The molecular weight excluding hydrogens is 254 g/mol. The smallest absolute Gasteiger partial charge is 0.368 e. The second kappa shape index (κ2) is 5.29. The van der Waals surface area contributed by atoms with Crippen LogP contribution in [0.5, 0.6) is 0 Å². The maximum absolute atomic E-state index is 11.5. The van der Waals surface area contributed by atoms with E-state index in [1.807, 2.05) is 0 Å². The highest BCUT2D eigenvalue weighted by atomic mass is 32.3. The third kappa shape index (κ3) is 4.17. The van der Waals surface area contributed by atoms with Gasteiger partial charge >= 0.3 is 16.4 Å². The lowest BCUT2D eigenvalue weighted by Crippen LogP contribution is -2.53. The van der Waals surface area contributed by atoms with Crippen molar-refractivity contribution in [2.75, 3.05) is 6.54 Å². The molecule has 0 saturated carbocycles. The molecule has 1 aliphatic rings. The van der Waals surface area contributed by atoms with E-state index in [9.17, 15) is 18.0 Å². The van der Waals surface area contributed by atoms with Crippen LogP contribution in [0.1, 0.15) is 19.3 Å². The number of hydrogen-bond donors (Lipinski definition) is 3. The Morgan fingerprint density at radius 2 is 2.06 bits per heavy atom. The average Bonchev–Trinajstić information content (AvgIpc) is 2.25. The second-order valence-corrected chi connectivity index (χ2v) is 4.55. The van der Waals surface area contributed by atoms with Crippen LogP contribution in [0.3, 0.4) is 0 Å². The van der Waals surface area contributed by atoms with Gasteiger partial charge in [0.05, 0.1) is 0 Å². The Morgan fingerprint density at radius 3 is 2.59 bits per heavy atom. The van der Waals surface area contributed by atoms with Gasteiger partial charge in [0, 0.05) is 6.54 Å². The molecule has 0 spiro atoms. The molecule has 1 fully saturated rings. The molecule has 1 aliphatic heterocycles. The highest BCUT2D eigenvalue weighted by Crippen LogP contribution is 2.16. The summed E-state index contributed by atoms with van der Waals surface area (Å²) >= 11 is 0. The summed E-state index contributed by atoms with van der Waals surface area (Å²) in [5, 5.41) is 0. The topological polar surface area (TPSA) is 139 Å². The van der Waals surface area contributed by atoms with Gasteiger partial charge in [-0.2, -0.15) is 13.9 Å². The Hall–Kier alpha value is -1.39. The number of hydrogen-bond acceptors (Lipinski definition) is 5. The highest BCUT2D eigenvalue weighted by molar-refractivity contribution is 7.80. The quantitative estimate of drug-likeness (QED) is 0.432. The molecule has 0 aromatic heterocycles. The number of primary amides is 1. The van der Waals surface area contributed by atoms with Crippen LogP contribution in [0.4, 0.5) is 4.79 Å². The Kier molecular flexibility index (Phi) is 4.26. The number of hydroxylamine groups is 1. The van der Waals surface area contributed by atoms with Crippen molar-refractivity contribution in [1.29, 1.82) is 0 Å². The molecular formula is C7H13N3O6S. The van der Waals surface area contributed by atoms with Crippen molar-refractivity contribution in [3.63, 3.8) is 0 Å². The van der Waals surface area contributed by atoms with Gasteiger partial charge in [-0.05, 0) is 19.3 Å². The zero-order chi connectivity index (χ0) is 13.1. The van der Waals surface area contributed by atoms with Crippen LogP contribution in [0.2, 0.25) is 0 Å². The van der Waals surface area contributed by atoms with Crippen LogP contribution in [0.25, 0.3) is 0 Å². The van der Waals surface area contributed by atoms with Crippen molar-refractivity contribution in [2.45, 2.75) is 25.3 Å². The third-order valence-corrected chi connectivity index (χ3v) is 2.62. The fourth-order valence-electron chi connectivity index (χ4n) is 1.62. The molecule has 0 bridgehead atoms. The fraction of sp³-hybridized carbons (Fsp3) is 0.714. The predicted molar refractivity (Wildman–Crippen MR) is 54.7 cm³/mol. The Labute approximate surface area is 97.8 Å². The number of rotatable bonds is 3. The third-order valence-electron chi connectivity index (χ3n) is 2.33. The minimum Gasteiger partial charge on any atom is -0.368 e. The molecule has 17 heavy (non-hydrogen) atoms. The summed E-state index contributed by atoms with van der Waals surface area (Å²) < 4.78 is 32.5. The lowest BCUT2D eigenvalue weighted by atomic mass is 10.0. The molecule has 1 atom stereocenters. The molecule has 98 valence electrons. The Morgan fingerprint density at radius 1 is 1.41 bits per heavy atom. The molecule has 3 amide bonds. The van der Waals surface area contributed by atoms with E-state index in [-0.39, 0.29) is 6.54 Å². The minimum atomic E-state index is -4.77. The molecule has 9 nitrogen and oxygen atoms in total. The van der Waals surface area contributed by atoms with Crippen LogP contribution in [-0.2, 0) is 19.5 Å². The van der Waals surface area contributed by atoms with Gasteiger partial charge in [0.1, 0.15) is 6.04 Å². The van der Waals surface area contributed by atoms with E-state index in [0.29, 0.717) is 12.8 Å². The number of nitrogens with one attached hydrogen (secondary N) is 1. The number of carbonyl (C=O) groups is 2. The van der Waals surface area contributed by atoms with Crippen molar-refractivity contribution < 1.29 is 26.8 Å². The first-order valence-corrected chi connectivity index (χ1v) is 6.19. The van der Waals surface area contributed by atoms with Crippen molar-refractivity contribution >= 4 is 22.3 Å². The minimum absolute atomic E-state index is 0.258. The standard InChI is InChI=1S/C7H13N3O6S/c8-6(11)5-3-1-2-4-10(5)7(12)9-16-17(13,14)15/h5H,1-4H2,(H2,8,11)(H,9,12)(H,13,14,15). The largest absolute Gasteiger partial charge is 0.418 e. The zero-order valence-corrected chi connectivity index (χ0v) is 9.64. The van der Waals surface area contributed by atoms with E-state index >= 15 is 0 Å². The lowest BCUT2D eigenvalue weighted by molar-refractivity contribution is -0.123. The van der Waals surface area contributed by atoms with Gasteiger partial charge in [0.25, 0.3) is 0 Å². The molecule has 0 aromatic carbocycles. The molecule has 1 heterocycles. The first kappa shape index (κ1) is 13.7. The van der Waals surface area contributed by atoms with Gasteiger partial charge in [-0.15, -0.1) is 4.28 Å². The summed E-state index contributed by atoms with van der Waals surface area (Å²) in [5.41, 5.74) is 6.63. The van der Waals surface area contributed by atoms with Gasteiger partial charge in [-0.3, -0.25) is 9.35 Å². The van der Waals surface area contributed by atoms with Gasteiger partial charge in [-0.1, -0.05) is 0 Å². The van der Waals surface area contributed by atoms with Crippen molar-refractivity contribution in [3.8, 4) is 0 Å². The summed E-state index contributed by atoms with van der Waals surface area (Å²) in [6, 6.07) is -1.74. The first-order chi connectivity index (χ1) is 7.81. The van der Waals surface area contributed by atoms with Crippen molar-refractivity contribution in [3.05, 3.63) is 0 Å². The van der Waals surface area contributed by atoms with Gasteiger partial charge in [0.15, 0.2) is 0 Å². The second-order valence-electron chi connectivity index (χ2n) is 3.53. The van der Waals surface area contributed by atoms with Crippen LogP contribution in [0.15, 0.2) is 0 Å². The number of likely N-dealkylation sites (tertiary alicyclic amines) is 1. The van der Waals surface area contributed by atoms with E-state index in [2.05, 4.69) is 4.28 Å². The Balaban J connectivity index is 2.62. The lowest BCUT2D eigenvalue weighted by Gasteiger charge is -2.32. The molecule has 1 rings (SSSR count). The van der Waals surface area contributed by atoms with Gasteiger partial charge < -0.3 is 10.6 Å². The number of nitrogens with two attached hydrogens (primary N) is 1. The average molecular weight is 267 g/mol. The normalized spacial score (nSPS) is 21.0. The number of nitrogens with zero attached hydrogens (tertiary/aromatic N) is 1. The molecule has 0 aliphatic carbocycles. The predicted octanol–water partition coefficient (Wildman–Crippen LogP) is -1.23. The monoisotopic (exact) mass is 267 g/mol. The number of carbonyl (C=O) groups excluding carboxylic acids is 2. The summed E-state index contributed by atoms with van der Waals surface area (Å²) in [6.07, 6.45) is 1.83. The summed E-state index contributed by atoms with van der Waals surface area (Å²) in [5.74, 6) is -0.674. The Bertz CT molecular complexity index is 408. The maximum Gasteiger partial charge on any atom is 0.418 e. The van der Waals surface area contributed by atoms with Crippen molar-refractivity contribution in [1.82, 2.24) is 10.4 Å². The maximum atomic E-state index is 11.5. The fourth-order valence-corrected chi connectivity index (χ4v) is 1.79. The van der Waals surface area contributed by atoms with Crippen LogP contribution in [-0.4, -0.2) is 42.4 Å². The van der Waals surface area contributed by atoms with E-state index in [1.165, 1.54) is 5.48 Å². The van der Waals surface area contributed by atoms with Crippen LogP contribution in [0, 0.1) is 0 Å². The van der Waals surface area contributed by atoms with E-state index in [1.54, 1.807) is 0 Å². The van der Waals surface area contributed by atoms with E-state index in [4.69, 9.17) is 10.3 Å². The zero-order valence-electron chi connectivity index (χ0n) is 8.83. The van der Waals surface area contributed by atoms with Crippen molar-refractivity contribution in [2.24, 2.45) is 5.73 Å². The summed E-state index contributed by atoms with van der Waals surface area (Å²) in [7, 11) is -4.77. The molecule has 0 aromatic rings. The number of urea groups is 1. The molecule has 10 heteroatoms. The van der Waals surface area contributed by atoms with Gasteiger partial charge in [-0.25, -0.2) is 4.79 Å². The molecule has 1 saturated heterocycles. The molecule has 0 radical (unpaired) electrons. The molecule has 4 N–H and O–H groups in total. The van der Waals surface area contributed by atoms with E-state index < -0.39 is 28.4 Å². The van der Waals surface area contributed by atoms with Gasteiger partial charge in [0.2, 0.25) is 5.91 Å². The summed E-state index contributed by atoms with van der Waals surface area (Å²) in [6.45, 7) is 0.258. The number of piperidine rings is 1.